The Hall–Kier alpha value is -1.62. The number of ether oxygens (including phenoxy) is 1. The summed E-state index contributed by atoms with van der Waals surface area (Å²) in [4.78, 5) is 11.0. The van der Waals surface area contributed by atoms with Crippen LogP contribution in [0.5, 0.6) is 5.75 Å². The molecule has 2 N–H and O–H groups in total. The highest BCUT2D eigenvalue weighted by atomic mass is 19.1. The number of halogens is 1. The highest BCUT2D eigenvalue weighted by Gasteiger charge is 2.06. The van der Waals surface area contributed by atoms with Gasteiger partial charge in [0.05, 0.1) is 13.0 Å². The van der Waals surface area contributed by atoms with Gasteiger partial charge in [0.2, 0.25) is 5.91 Å². The van der Waals surface area contributed by atoms with Gasteiger partial charge >= 0.3 is 0 Å². The Balaban J connectivity index is 2.60. The molecule has 1 aromatic carbocycles. The monoisotopic (exact) mass is 254 g/mol. The lowest BCUT2D eigenvalue weighted by Crippen LogP contribution is -2.20. The standard InChI is InChI=1S/C13H19FN2O2/c1-3-16-9-10-8-11(14)4-5-12(10)18-7-6-13(17)15-2/h4-5,8,16H,3,6-7,9H2,1-2H3,(H,15,17). The van der Waals surface area contributed by atoms with Crippen molar-refractivity contribution >= 4 is 5.91 Å². The second kappa shape index (κ2) is 7.66. The molecule has 1 rings (SSSR count). The van der Waals surface area contributed by atoms with E-state index in [1.807, 2.05) is 6.92 Å². The van der Waals surface area contributed by atoms with Gasteiger partial charge in [0, 0.05) is 19.2 Å². The number of rotatable bonds is 7. The van der Waals surface area contributed by atoms with E-state index >= 15 is 0 Å². The molecule has 0 bridgehead atoms. The van der Waals surface area contributed by atoms with Gasteiger partial charge in [0.1, 0.15) is 11.6 Å². The van der Waals surface area contributed by atoms with Crippen molar-refractivity contribution in [2.75, 3.05) is 20.2 Å². The summed E-state index contributed by atoms with van der Waals surface area (Å²) in [6.45, 7) is 3.60. The van der Waals surface area contributed by atoms with Gasteiger partial charge in [0.15, 0.2) is 0 Å². The van der Waals surface area contributed by atoms with Crippen LogP contribution < -0.4 is 15.4 Å². The van der Waals surface area contributed by atoms with Gasteiger partial charge in [-0.3, -0.25) is 4.79 Å². The quantitative estimate of drug-likeness (QED) is 0.774. The minimum Gasteiger partial charge on any atom is -0.493 e. The van der Waals surface area contributed by atoms with Gasteiger partial charge in [-0.2, -0.15) is 0 Å². The van der Waals surface area contributed by atoms with Crippen molar-refractivity contribution in [2.45, 2.75) is 19.9 Å². The predicted octanol–water partition coefficient (Wildman–Crippen LogP) is 1.45. The minimum atomic E-state index is -0.290. The van der Waals surface area contributed by atoms with Gasteiger partial charge in [-0.05, 0) is 24.7 Å². The molecule has 0 atom stereocenters. The first-order valence-electron chi connectivity index (χ1n) is 6.00. The second-order valence-corrected chi connectivity index (χ2v) is 3.80. The summed E-state index contributed by atoms with van der Waals surface area (Å²) in [6.07, 6.45) is 0.286. The number of nitrogens with one attached hydrogen (secondary N) is 2. The average Bonchev–Trinajstić information content (AvgIpc) is 2.38. The van der Waals surface area contributed by atoms with Crippen LogP contribution in [0.2, 0.25) is 0 Å². The molecule has 1 aromatic rings. The maximum Gasteiger partial charge on any atom is 0.223 e. The molecule has 1 amide bonds. The normalized spacial score (nSPS) is 10.2. The highest BCUT2D eigenvalue weighted by Crippen LogP contribution is 2.19. The third-order valence-corrected chi connectivity index (χ3v) is 2.45. The fourth-order valence-corrected chi connectivity index (χ4v) is 1.47. The zero-order valence-corrected chi connectivity index (χ0v) is 10.8. The summed E-state index contributed by atoms with van der Waals surface area (Å²) in [5.41, 5.74) is 0.758. The van der Waals surface area contributed by atoms with Crippen LogP contribution in [0.25, 0.3) is 0 Å². The van der Waals surface area contributed by atoms with Crippen LogP contribution in [-0.2, 0) is 11.3 Å². The number of carbonyl (C=O) groups is 1. The molecule has 0 fully saturated rings. The fraction of sp³-hybridized carbons (Fsp3) is 0.462. The van der Waals surface area contributed by atoms with E-state index in [4.69, 9.17) is 4.74 Å². The van der Waals surface area contributed by atoms with Gasteiger partial charge in [-0.25, -0.2) is 4.39 Å². The van der Waals surface area contributed by atoms with Crippen molar-refractivity contribution in [3.63, 3.8) is 0 Å². The maximum atomic E-state index is 13.1. The highest BCUT2D eigenvalue weighted by molar-refractivity contribution is 5.75. The lowest BCUT2D eigenvalue weighted by atomic mass is 10.2. The summed E-state index contributed by atoms with van der Waals surface area (Å²) in [5.74, 6) is 0.244. The molecule has 0 aliphatic heterocycles. The third-order valence-electron chi connectivity index (χ3n) is 2.45. The molecule has 100 valence electrons. The van der Waals surface area contributed by atoms with Crippen LogP contribution in [0.3, 0.4) is 0 Å². The molecule has 0 aliphatic rings. The SMILES string of the molecule is CCNCc1cc(F)ccc1OCCC(=O)NC. The molecule has 0 saturated heterocycles. The number of hydrogen-bond donors (Lipinski definition) is 2. The lowest BCUT2D eigenvalue weighted by Gasteiger charge is -2.11. The molecule has 0 radical (unpaired) electrons. The van der Waals surface area contributed by atoms with Gasteiger partial charge in [-0.15, -0.1) is 0 Å². The smallest absolute Gasteiger partial charge is 0.223 e. The molecule has 0 unspecified atom stereocenters. The summed E-state index contributed by atoms with van der Waals surface area (Å²) >= 11 is 0. The van der Waals surface area contributed by atoms with Crippen molar-refractivity contribution in [1.29, 1.82) is 0 Å². The first-order valence-corrected chi connectivity index (χ1v) is 6.00. The van der Waals surface area contributed by atoms with E-state index in [1.165, 1.54) is 12.1 Å². The zero-order valence-electron chi connectivity index (χ0n) is 10.8. The maximum absolute atomic E-state index is 13.1. The lowest BCUT2D eigenvalue weighted by molar-refractivity contribution is -0.121. The zero-order chi connectivity index (χ0) is 13.4. The molecule has 0 aromatic heterocycles. The third kappa shape index (κ3) is 4.71. The largest absolute Gasteiger partial charge is 0.493 e. The van der Waals surface area contributed by atoms with Crippen molar-refractivity contribution in [2.24, 2.45) is 0 Å². The van der Waals surface area contributed by atoms with Crippen LogP contribution in [0.15, 0.2) is 18.2 Å². The van der Waals surface area contributed by atoms with Crippen molar-refractivity contribution in [3.05, 3.63) is 29.6 Å². The summed E-state index contributed by atoms with van der Waals surface area (Å²) in [6, 6.07) is 4.38. The van der Waals surface area contributed by atoms with Crippen LogP contribution in [0, 0.1) is 5.82 Å². The molecular weight excluding hydrogens is 235 g/mol. The van der Waals surface area contributed by atoms with E-state index in [0.717, 1.165) is 12.1 Å². The molecule has 0 aliphatic carbocycles. The number of carbonyl (C=O) groups excluding carboxylic acids is 1. The first kappa shape index (κ1) is 14.4. The summed E-state index contributed by atoms with van der Waals surface area (Å²) in [7, 11) is 1.58. The first-order chi connectivity index (χ1) is 8.67. The Bertz CT molecular complexity index is 397. The molecule has 0 spiro atoms. The predicted molar refractivity (Wildman–Crippen MR) is 68.0 cm³/mol. The molecule has 5 heteroatoms. The van der Waals surface area contributed by atoms with E-state index in [2.05, 4.69) is 10.6 Å². The Morgan fingerprint density at radius 3 is 2.89 bits per heavy atom. The van der Waals surface area contributed by atoms with E-state index < -0.39 is 0 Å². The Morgan fingerprint density at radius 2 is 2.22 bits per heavy atom. The van der Waals surface area contributed by atoms with Crippen LogP contribution in [0.1, 0.15) is 18.9 Å². The van der Waals surface area contributed by atoms with Gasteiger partial charge in [-0.1, -0.05) is 6.92 Å². The Kier molecular flexibility index (Phi) is 6.14. The van der Waals surface area contributed by atoms with E-state index in [-0.39, 0.29) is 24.8 Å². The molecular formula is C13H19FN2O2. The van der Waals surface area contributed by atoms with Gasteiger partial charge < -0.3 is 15.4 Å². The van der Waals surface area contributed by atoms with Crippen molar-refractivity contribution in [3.8, 4) is 5.75 Å². The van der Waals surface area contributed by atoms with Crippen molar-refractivity contribution in [1.82, 2.24) is 10.6 Å². The number of amides is 1. The summed E-state index contributed by atoms with van der Waals surface area (Å²) < 4.78 is 18.6. The number of benzene rings is 1. The molecule has 4 nitrogen and oxygen atoms in total. The van der Waals surface area contributed by atoms with E-state index in [0.29, 0.717) is 12.3 Å². The van der Waals surface area contributed by atoms with E-state index in [9.17, 15) is 9.18 Å². The minimum absolute atomic E-state index is 0.0784. The number of hydrogen-bond acceptors (Lipinski definition) is 3. The average molecular weight is 254 g/mol. The fourth-order valence-electron chi connectivity index (χ4n) is 1.47. The Labute approximate surface area is 107 Å². The van der Waals surface area contributed by atoms with Gasteiger partial charge in [0.25, 0.3) is 0 Å². The summed E-state index contributed by atoms with van der Waals surface area (Å²) in [5, 5.41) is 5.63. The second-order valence-electron chi connectivity index (χ2n) is 3.80. The molecule has 18 heavy (non-hydrogen) atoms. The van der Waals surface area contributed by atoms with Crippen LogP contribution in [-0.4, -0.2) is 26.1 Å². The van der Waals surface area contributed by atoms with Crippen LogP contribution >= 0.6 is 0 Å². The van der Waals surface area contributed by atoms with Crippen molar-refractivity contribution < 1.29 is 13.9 Å². The Morgan fingerprint density at radius 1 is 1.44 bits per heavy atom. The van der Waals surface area contributed by atoms with E-state index in [1.54, 1.807) is 13.1 Å². The molecule has 0 heterocycles. The topological polar surface area (TPSA) is 50.4 Å². The molecule has 0 saturated carbocycles. The van der Waals surface area contributed by atoms with Crippen LogP contribution in [0.4, 0.5) is 4.39 Å².